The van der Waals surface area contributed by atoms with E-state index >= 15 is 0 Å². The standard InChI is InChI=1S/C33H34N12O4/c34-33-35-31-30(32(48)36-33)26(39-45(31)29-14-27(47)28(21-46)49-29)12-7-13-42(17-24-19-43(40-37-24)15-22-8-3-1-4-9-22)18-25-20-44(41-38-25)16-23-10-5-2-6-11-23/h1-6,8-11,19-20,27-29,46-47H,13-18,21H2,(H3,34,35,36,48)/t27-,28+,29+/m0/s1. The summed E-state index contributed by atoms with van der Waals surface area (Å²) in [5.41, 5.74) is 9.41. The van der Waals surface area contributed by atoms with Crippen LogP contribution < -0.4 is 11.3 Å². The van der Waals surface area contributed by atoms with Crippen molar-refractivity contribution >= 4 is 17.0 Å². The number of anilines is 1. The Hall–Kier alpha value is -5.73. The SMILES string of the molecule is Nc1nc2c(c(C#CCN(Cc3cn(Cc4ccccc4)nn3)Cc3cn(Cc4ccccc4)nn3)nn2[C@H]2C[C@H](O)[C@@H](CO)O2)c(=O)[nH]1. The fourth-order valence-corrected chi connectivity index (χ4v) is 5.76. The quantitative estimate of drug-likeness (QED) is 0.141. The number of nitrogens with one attached hydrogen (secondary N) is 1. The molecule has 250 valence electrons. The minimum Gasteiger partial charge on any atom is -0.394 e. The van der Waals surface area contributed by atoms with E-state index in [1.165, 1.54) is 4.68 Å². The molecule has 0 aliphatic carbocycles. The van der Waals surface area contributed by atoms with Crippen molar-refractivity contribution in [3.05, 3.63) is 112 Å². The van der Waals surface area contributed by atoms with E-state index in [0.29, 0.717) is 26.2 Å². The first-order valence-corrected chi connectivity index (χ1v) is 15.7. The van der Waals surface area contributed by atoms with Gasteiger partial charge >= 0.3 is 0 Å². The molecule has 5 N–H and O–H groups in total. The van der Waals surface area contributed by atoms with Crippen LogP contribution in [0.25, 0.3) is 11.0 Å². The first kappa shape index (κ1) is 31.8. The molecule has 7 rings (SSSR count). The monoisotopic (exact) mass is 662 g/mol. The van der Waals surface area contributed by atoms with Gasteiger partial charge in [0.25, 0.3) is 5.56 Å². The van der Waals surface area contributed by atoms with Gasteiger partial charge in [0.05, 0.1) is 56.1 Å². The van der Waals surface area contributed by atoms with Crippen molar-refractivity contribution in [3.63, 3.8) is 0 Å². The van der Waals surface area contributed by atoms with Crippen molar-refractivity contribution in [1.29, 1.82) is 0 Å². The van der Waals surface area contributed by atoms with Gasteiger partial charge in [0.1, 0.15) is 11.5 Å². The molecule has 1 saturated heterocycles. The third-order valence-corrected chi connectivity index (χ3v) is 8.06. The third-order valence-electron chi connectivity index (χ3n) is 8.06. The summed E-state index contributed by atoms with van der Waals surface area (Å²) in [7, 11) is 0. The highest BCUT2D eigenvalue weighted by Gasteiger charge is 2.36. The Labute approximate surface area is 279 Å². The van der Waals surface area contributed by atoms with Gasteiger partial charge in [-0.1, -0.05) is 77.0 Å². The molecule has 0 saturated carbocycles. The molecule has 1 fully saturated rings. The molecule has 0 bridgehead atoms. The van der Waals surface area contributed by atoms with Gasteiger partial charge < -0.3 is 20.7 Å². The number of aromatic nitrogens is 10. The number of nitrogens with two attached hydrogens (primary N) is 1. The summed E-state index contributed by atoms with van der Waals surface area (Å²) in [6.45, 7) is 1.90. The molecule has 1 aliphatic heterocycles. The summed E-state index contributed by atoms with van der Waals surface area (Å²) >= 11 is 0. The van der Waals surface area contributed by atoms with Crippen molar-refractivity contribution in [2.24, 2.45) is 0 Å². The molecule has 16 heteroatoms. The lowest BCUT2D eigenvalue weighted by atomic mass is 10.2. The molecule has 0 unspecified atom stereocenters. The Morgan fingerprint density at radius 2 is 1.57 bits per heavy atom. The van der Waals surface area contributed by atoms with Crippen LogP contribution in [0.5, 0.6) is 0 Å². The number of hydrogen-bond acceptors (Lipinski definition) is 12. The van der Waals surface area contributed by atoms with Crippen LogP contribution in [0, 0.1) is 11.8 Å². The average Bonchev–Trinajstić information content (AvgIpc) is 3.89. The van der Waals surface area contributed by atoms with E-state index < -0.39 is 24.0 Å². The topological polar surface area (TPSA) is 204 Å². The van der Waals surface area contributed by atoms with Crippen LogP contribution in [-0.4, -0.2) is 90.2 Å². The smallest absolute Gasteiger partial charge is 0.264 e. The highest BCUT2D eigenvalue weighted by atomic mass is 16.5. The van der Waals surface area contributed by atoms with Crippen LogP contribution in [0.15, 0.2) is 77.9 Å². The van der Waals surface area contributed by atoms with E-state index in [9.17, 15) is 15.0 Å². The summed E-state index contributed by atoms with van der Waals surface area (Å²) in [5.74, 6) is 6.09. The molecule has 2 aromatic carbocycles. The second-order valence-corrected chi connectivity index (χ2v) is 11.8. The molecule has 5 heterocycles. The first-order chi connectivity index (χ1) is 23.9. The minimum atomic E-state index is -0.909. The summed E-state index contributed by atoms with van der Waals surface area (Å²) in [5, 5.41) is 42.0. The molecule has 3 atom stereocenters. The van der Waals surface area contributed by atoms with E-state index in [4.69, 9.17) is 10.5 Å². The fraction of sp³-hybridized carbons (Fsp3) is 0.303. The molecule has 16 nitrogen and oxygen atoms in total. The van der Waals surface area contributed by atoms with Crippen LogP contribution in [0.3, 0.4) is 0 Å². The molecule has 1 aliphatic rings. The van der Waals surface area contributed by atoms with Gasteiger partial charge in [-0.05, 0) is 17.0 Å². The Bertz CT molecular complexity index is 2070. The van der Waals surface area contributed by atoms with Crippen molar-refractivity contribution < 1.29 is 14.9 Å². The van der Waals surface area contributed by atoms with Crippen LogP contribution in [-0.2, 0) is 30.9 Å². The number of aromatic amines is 1. The van der Waals surface area contributed by atoms with E-state index in [1.807, 2.05) is 78.0 Å². The van der Waals surface area contributed by atoms with E-state index in [1.54, 1.807) is 9.36 Å². The van der Waals surface area contributed by atoms with Crippen LogP contribution in [0.1, 0.15) is 40.9 Å². The molecule has 0 radical (unpaired) electrons. The lowest BCUT2D eigenvalue weighted by molar-refractivity contribution is -0.0470. The van der Waals surface area contributed by atoms with Crippen molar-refractivity contribution in [1.82, 2.24) is 54.6 Å². The highest BCUT2D eigenvalue weighted by molar-refractivity contribution is 5.81. The normalized spacial score (nSPS) is 17.5. The van der Waals surface area contributed by atoms with Gasteiger partial charge in [0.15, 0.2) is 17.6 Å². The summed E-state index contributed by atoms with van der Waals surface area (Å²) in [6, 6.07) is 20.0. The molecule has 0 spiro atoms. The zero-order chi connectivity index (χ0) is 33.7. The van der Waals surface area contributed by atoms with Crippen molar-refractivity contribution in [2.45, 2.75) is 51.0 Å². The predicted molar refractivity (Wildman–Crippen MR) is 176 cm³/mol. The molecule has 0 amide bonds. The largest absolute Gasteiger partial charge is 0.394 e. The fourth-order valence-electron chi connectivity index (χ4n) is 5.76. The first-order valence-electron chi connectivity index (χ1n) is 15.7. The van der Waals surface area contributed by atoms with Gasteiger partial charge in [0, 0.05) is 19.5 Å². The highest BCUT2D eigenvalue weighted by Crippen LogP contribution is 2.30. The van der Waals surface area contributed by atoms with E-state index in [0.717, 1.165) is 22.5 Å². The third kappa shape index (κ3) is 7.40. The Morgan fingerprint density at radius 1 is 0.959 bits per heavy atom. The molecule has 6 aromatic rings. The van der Waals surface area contributed by atoms with Crippen molar-refractivity contribution in [2.75, 3.05) is 18.9 Å². The summed E-state index contributed by atoms with van der Waals surface area (Å²) in [4.78, 5) is 21.8. The van der Waals surface area contributed by atoms with Crippen LogP contribution in [0.4, 0.5) is 5.95 Å². The number of nitrogen functional groups attached to an aromatic ring is 1. The van der Waals surface area contributed by atoms with Crippen LogP contribution in [0.2, 0.25) is 0 Å². The Balaban J connectivity index is 1.14. The number of nitrogens with zero attached hydrogens (tertiary/aromatic N) is 10. The maximum atomic E-state index is 13.0. The lowest BCUT2D eigenvalue weighted by Gasteiger charge is -2.16. The van der Waals surface area contributed by atoms with Gasteiger partial charge in [0.2, 0.25) is 5.95 Å². The van der Waals surface area contributed by atoms with Crippen LogP contribution >= 0.6 is 0 Å². The van der Waals surface area contributed by atoms with E-state index in [-0.39, 0.29) is 42.2 Å². The zero-order valence-corrected chi connectivity index (χ0v) is 26.4. The minimum absolute atomic E-state index is 0.0952. The number of rotatable bonds is 11. The lowest BCUT2D eigenvalue weighted by Crippen LogP contribution is -2.24. The maximum absolute atomic E-state index is 13.0. The van der Waals surface area contributed by atoms with E-state index in [2.05, 4.69) is 47.5 Å². The number of ether oxygens (including phenoxy) is 1. The average molecular weight is 663 g/mol. The molecular formula is C33H34N12O4. The number of benzene rings is 2. The number of fused-ring (bicyclic) bond motifs is 1. The molecule has 4 aromatic heterocycles. The zero-order valence-electron chi connectivity index (χ0n) is 26.4. The van der Waals surface area contributed by atoms with Gasteiger partial charge in [-0.25, -0.2) is 14.0 Å². The summed E-state index contributed by atoms with van der Waals surface area (Å²) in [6.07, 6.45) is 1.48. The Morgan fingerprint density at radius 3 is 2.14 bits per heavy atom. The summed E-state index contributed by atoms with van der Waals surface area (Å²) < 4.78 is 10.8. The number of aliphatic hydroxyl groups is 2. The van der Waals surface area contributed by atoms with Crippen molar-refractivity contribution in [3.8, 4) is 11.8 Å². The Kier molecular flexibility index (Phi) is 9.21. The van der Waals surface area contributed by atoms with Gasteiger partial charge in [-0.15, -0.1) is 10.2 Å². The maximum Gasteiger partial charge on any atom is 0.264 e. The second-order valence-electron chi connectivity index (χ2n) is 11.8. The van der Waals surface area contributed by atoms with Gasteiger partial charge in [-0.3, -0.25) is 14.7 Å². The second kappa shape index (κ2) is 14.2. The molecule has 49 heavy (non-hydrogen) atoms. The predicted octanol–water partition coefficient (Wildman–Crippen LogP) is 0.676. The molecular weight excluding hydrogens is 628 g/mol. The van der Waals surface area contributed by atoms with Gasteiger partial charge in [-0.2, -0.15) is 10.1 Å². The number of H-pyrrole nitrogens is 1. The number of aliphatic hydroxyl groups excluding tert-OH is 2. The number of hydrogen-bond donors (Lipinski definition) is 4.